The van der Waals surface area contributed by atoms with Gasteiger partial charge in [-0.2, -0.15) is 0 Å². The molecule has 31 heavy (non-hydrogen) atoms. The molecule has 14 nitrogen and oxygen atoms in total. The molecule has 0 radical (unpaired) electrons. The molecule has 1 aromatic heterocycles. The highest BCUT2D eigenvalue weighted by Gasteiger charge is 2.24. The monoisotopic (exact) mass is 552 g/mol. The Kier molecular flexibility index (Phi) is 11.2. The van der Waals surface area contributed by atoms with E-state index in [0.717, 1.165) is 0 Å². The van der Waals surface area contributed by atoms with Crippen LogP contribution in [0.25, 0.3) is 0 Å². The molecule has 0 aliphatic heterocycles. The summed E-state index contributed by atoms with van der Waals surface area (Å²) < 4.78 is 2.03. The molecule has 0 aromatic carbocycles. The van der Waals surface area contributed by atoms with Gasteiger partial charge in [0, 0.05) is 13.0 Å². The Morgan fingerprint density at radius 2 is 1.61 bits per heavy atom. The van der Waals surface area contributed by atoms with E-state index in [9.17, 15) is 29.1 Å². The SMILES string of the molecule is O=C(O)CC[C@H](NC(=O)N[C@@H](CCCCNC(=O)Cn1cc([125I])nn1)C(=O)O)C(=O)O. The molecule has 2 atom stereocenters. The molecule has 0 saturated heterocycles. The van der Waals surface area contributed by atoms with E-state index >= 15 is 0 Å². The van der Waals surface area contributed by atoms with Gasteiger partial charge in [-0.25, -0.2) is 19.1 Å². The van der Waals surface area contributed by atoms with Crippen molar-refractivity contribution in [1.82, 2.24) is 30.9 Å². The maximum atomic E-state index is 11.9. The maximum Gasteiger partial charge on any atom is 0.326 e. The minimum Gasteiger partial charge on any atom is -0.481 e. The van der Waals surface area contributed by atoms with E-state index in [1.807, 2.05) is 22.6 Å². The van der Waals surface area contributed by atoms with Gasteiger partial charge in [-0.3, -0.25) is 9.59 Å². The second-order valence-corrected chi connectivity index (χ2v) is 7.52. The van der Waals surface area contributed by atoms with E-state index in [0.29, 0.717) is 23.1 Å². The molecule has 0 bridgehead atoms. The number of amides is 3. The number of carbonyl (C=O) groups is 5. The van der Waals surface area contributed by atoms with Crippen LogP contribution < -0.4 is 16.0 Å². The Labute approximate surface area is 189 Å². The van der Waals surface area contributed by atoms with Gasteiger partial charge >= 0.3 is 23.9 Å². The molecular weight excluding hydrogens is 529 g/mol. The number of hydrogen-bond donors (Lipinski definition) is 6. The van der Waals surface area contributed by atoms with Crippen molar-refractivity contribution < 1.29 is 39.3 Å². The van der Waals surface area contributed by atoms with Gasteiger partial charge in [-0.05, 0) is 48.3 Å². The lowest BCUT2D eigenvalue weighted by atomic mass is 10.1. The number of halogens is 1. The van der Waals surface area contributed by atoms with Crippen LogP contribution in [0.2, 0.25) is 0 Å². The van der Waals surface area contributed by atoms with E-state index in [2.05, 4.69) is 26.3 Å². The number of carboxylic acid groups (broad SMARTS) is 3. The van der Waals surface area contributed by atoms with Crippen LogP contribution >= 0.6 is 22.6 Å². The van der Waals surface area contributed by atoms with Crippen molar-refractivity contribution in [1.29, 1.82) is 0 Å². The number of nitrogens with zero attached hydrogens (tertiary/aromatic N) is 3. The van der Waals surface area contributed by atoms with Crippen LogP contribution in [0.3, 0.4) is 0 Å². The largest absolute Gasteiger partial charge is 0.481 e. The smallest absolute Gasteiger partial charge is 0.326 e. The van der Waals surface area contributed by atoms with E-state index in [1.165, 1.54) is 4.68 Å². The highest BCUT2D eigenvalue weighted by molar-refractivity contribution is 14.1. The van der Waals surface area contributed by atoms with Crippen molar-refractivity contribution >= 4 is 52.4 Å². The van der Waals surface area contributed by atoms with E-state index < -0.39 is 42.4 Å². The molecule has 1 rings (SSSR count). The number of carboxylic acids is 3. The van der Waals surface area contributed by atoms with Crippen LogP contribution in [0, 0.1) is 3.70 Å². The predicted molar refractivity (Wildman–Crippen MR) is 111 cm³/mol. The molecule has 6 N–H and O–H groups in total. The summed E-state index contributed by atoms with van der Waals surface area (Å²) in [4.78, 5) is 56.6. The van der Waals surface area contributed by atoms with Crippen LogP contribution in [0.15, 0.2) is 6.20 Å². The third-order valence-electron chi connectivity index (χ3n) is 3.91. The lowest BCUT2D eigenvalue weighted by Gasteiger charge is -2.18. The maximum absolute atomic E-state index is 11.9. The summed E-state index contributed by atoms with van der Waals surface area (Å²) in [7, 11) is 0. The summed E-state index contributed by atoms with van der Waals surface area (Å²) in [5.74, 6) is -4.24. The molecule has 0 fully saturated rings. The number of carbonyl (C=O) groups excluding carboxylic acids is 2. The molecule has 0 unspecified atom stereocenters. The number of aromatic nitrogens is 3. The fourth-order valence-corrected chi connectivity index (χ4v) is 2.82. The predicted octanol–water partition coefficient (Wildman–Crippen LogP) is -0.760. The quantitative estimate of drug-likeness (QED) is 0.125. The van der Waals surface area contributed by atoms with Crippen LogP contribution in [0.5, 0.6) is 0 Å². The highest BCUT2D eigenvalue weighted by atomic mass is 125. The summed E-state index contributed by atoms with van der Waals surface area (Å²) in [6.45, 7) is 0.293. The van der Waals surface area contributed by atoms with Gasteiger partial charge in [0.05, 0.1) is 6.20 Å². The molecule has 1 aromatic rings. The number of rotatable bonds is 14. The minimum atomic E-state index is -1.46. The average molecular weight is 552 g/mol. The first-order chi connectivity index (χ1) is 14.6. The van der Waals surface area contributed by atoms with Crippen LogP contribution in [-0.4, -0.2) is 78.8 Å². The number of hydrogen-bond acceptors (Lipinski definition) is 7. The average Bonchev–Trinajstić information content (AvgIpc) is 3.07. The Morgan fingerprint density at radius 3 is 2.13 bits per heavy atom. The molecule has 15 heteroatoms. The van der Waals surface area contributed by atoms with Gasteiger partial charge in [0.1, 0.15) is 22.3 Å². The normalized spacial score (nSPS) is 12.4. The lowest BCUT2D eigenvalue weighted by molar-refractivity contribution is -0.140. The molecule has 0 saturated carbocycles. The van der Waals surface area contributed by atoms with Gasteiger partial charge in [-0.15, -0.1) is 5.10 Å². The van der Waals surface area contributed by atoms with Crippen molar-refractivity contribution in [2.75, 3.05) is 6.54 Å². The highest BCUT2D eigenvalue weighted by Crippen LogP contribution is 2.03. The molecule has 3 amide bonds. The molecule has 0 aliphatic rings. The van der Waals surface area contributed by atoms with Crippen molar-refractivity contribution in [3.63, 3.8) is 0 Å². The molecular formula is C16H23IN6O8. The fraction of sp³-hybridized carbons (Fsp3) is 0.562. The van der Waals surface area contributed by atoms with Gasteiger partial charge in [0.25, 0.3) is 0 Å². The Morgan fingerprint density at radius 1 is 1.00 bits per heavy atom. The first kappa shape index (κ1) is 26.1. The first-order valence-electron chi connectivity index (χ1n) is 9.15. The summed E-state index contributed by atoms with van der Waals surface area (Å²) in [6, 6.07) is -3.77. The van der Waals surface area contributed by atoms with Gasteiger partial charge in [0.2, 0.25) is 5.91 Å². The number of nitrogens with one attached hydrogen (secondary N) is 3. The van der Waals surface area contributed by atoms with Crippen LogP contribution in [0.4, 0.5) is 4.79 Å². The molecule has 0 aliphatic carbocycles. The zero-order valence-electron chi connectivity index (χ0n) is 16.3. The van der Waals surface area contributed by atoms with Gasteiger partial charge in [-0.1, -0.05) is 5.21 Å². The molecule has 1 heterocycles. The molecule has 172 valence electrons. The fourth-order valence-electron chi connectivity index (χ4n) is 2.40. The van der Waals surface area contributed by atoms with Crippen molar-refractivity contribution in [3.8, 4) is 0 Å². The summed E-state index contributed by atoms with van der Waals surface area (Å²) in [6.07, 6.45) is 1.65. The number of aliphatic carboxylic acids is 3. The second kappa shape index (κ2) is 13.3. The van der Waals surface area contributed by atoms with Crippen molar-refractivity contribution in [3.05, 3.63) is 9.90 Å². The minimum absolute atomic E-state index is 0.00208. The van der Waals surface area contributed by atoms with Crippen LogP contribution in [0.1, 0.15) is 32.1 Å². The van der Waals surface area contributed by atoms with Gasteiger partial charge in [0.15, 0.2) is 0 Å². The standard InChI is InChI=1S/C16H23IN6O8/c17-11-7-23(22-21-11)8-12(24)18-6-2-1-3-9(14(27)28)19-16(31)20-10(15(29)30)4-5-13(25)26/h7,9-10H,1-6,8H2,(H,18,24)(H,25,26)(H,27,28)(H,29,30)(H2,19,20,31)/t9-,10-/m0/s1/i17-2. The summed E-state index contributed by atoms with van der Waals surface area (Å²) >= 11 is 1.96. The second-order valence-electron chi connectivity index (χ2n) is 6.42. The Bertz CT molecular complexity index is 801. The zero-order chi connectivity index (χ0) is 23.4. The summed E-state index contributed by atoms with van der Waals surface area (Å²) in [5.41, 5.74) is 0. The number of unbranched alkanes of at least 4 members (excludes halogenated alkanes) is 1. The Hall–Kier alpha value is -2.98. The molecule has 0 spiro atoms. The van der Waals surface area contributed by atoms with Gasteiger partial charge < -0.3 is 31.3 Å². The van der Waals surface area contributed by atoms with E-state index in [4.69, 9.17) is 10.2 Å². The first-order valence-corrected chi connectivity index (χ1v) is 10.2. The third-order valence-corrected chi connectivity index (χ3v) is 4.41. The zero-order valence-corrected chi connectivity index (χ0v) is 18.4. The lowest BCUT2D eigenvalue weighted by Crippen LogP contribution is -2.51. The van der Waals surface area contributed by atoms with Crippen LogP contribution in [-0.2, 0) is 25.7 Å². The van der Waals surface area contributed by atoms with E-state index in [-0.39, 0.29) is 25.3 Å². The summed E-state index contributed by atoms with van der Waals surface area (Å²) in [5, 5.41) is 41.2. The Balaban J connectivity index is 2.35. The van der Waals surface area contributed by atoms with E-state index in [1.54, 1.807) is 6.20 Å². The van der Waals surface area contributed by atoms with Crippen molar-refractivity contribution in [2.45, 2.75) is 50.7 Å². The third kappa shape index (κ3) is 11.1. The van der Waals surface area contributed by atoms with Crippen molar-refractivity contribution in [2.24, 2.45) is 0 Å². The number of urea groups is 1. The topological polar surface area (TPSA) is 213 Å².